The zero-order valence-corrected chi connectivity index (χ0v) is 19.5. The molecule has 1 aromatic carbocycles. The molecule has 1 atom stereocenters. The third-order valence-corrected chi connectivity index (χ3v) is 6.26. The highest BCUT2D eigenvalue weighted by atomic mass is 32.1. The summed E-state index contributed by atoms with van der Waals surface area (Å²) in [6.45, 7) is 5.63. The number of carbonyl (C=O) groups excluding carboxylic acids is 1. The summed E-state index contributed by atoms with van der Waals surface area (Å²) < 4.78 is 13.0. The summed E-state index contributed by atoms with van der Waals surface area (Å²) in [5.74, 6) is 0.899. The van der Waals surface area contributed by atoms with E-state index in [0.717, 1.165) is 17.0 Å². The van der Waals surface area contributed by atoms with E-state index in [0.29, 0.717) is 26.4 Å². The molecule has 166 valence electrons. The molecule has 0 saturated carbocycles. The number of aromatic nitrogens is 1. The largest absolute Gasteiger partial charge is 0.463 e. The Labute approximate surface area is 189 Å². The van der Waals surface area contributed by atoms with Crippen molar-refractivity contribution in [2.24, 2.45) is 4.99 Å². The molecule has 4 rings (SSSR count). The summed E-state index contributed by atoms with van der Waals surface area (Å²) in [6, 6.07) is 10.9. The highest BCUT2D eigenvalue weighted by Gasteiger charge is 2.33. The lowest BCUT2D eigenvalue weighted by Crippen LogP contribution is -2.39. The zero-order valence-electron chi connectivity index (χ0n) is 18.7. The number of aryl methyl sites for hydroxylation is 1. The normalized spacial score (nSPS) is 16.0. The van der Waals surface area contributed by atoms with Gasteiger partial charge in [-0.3, -0.25) is 9.36 Å². The van der Waals surface area contributed by atoms with Gasteiger partial charge in [-0.2, -0.15) is 0 Å². The molecule has 2 aromatic heterocycles. The van der Waals surface area contributed by atoms with Gasteiger partial charge in [-0.15, -0.1) is 0 Å². The van der Waals surface area contributed by atoms with Gasteiger partial charge in [0.15, 0.2) is 4.80 Å². The van der Waals surface area contributed by atoms with Crippen LogP contribution >= 0.6 is 11.3 Å². The predicted molar refractivity (Wildman–Crippen MR) is 125 cm³/mol. The van der Waals surface area contributed by atoms with E-state index >= 15 is 0 Å². The third kappa shape index (κ3) is 3.93. The SMILES string of the molecule is CCOC(=O)C1=C(C)N=c2s/c(=C\c3ccc(C)o3)c(=O)n2[C@@H]1c1ccc(N(C)C)cc1. The van der Waals surface area contributed by atoms with Crippen LogP contribution in [-0.4, -0.2) is 31.2 Å². The monoisotopic (exact) mass is 451 g/mol. The van der Waals surface area contributed by atoms with E-state index < -0.39 is 12.0 Å². The fraction of sp³-hybridized carbons (Fsp3) is 0.292. The van der Waals surface area contributed by atoms with Gasteiger partial charge in [-0.05, 0) is 50.6 Å². The van der Waals surface area contributed by atoms with E-state index in [1.807, 2.05) is 62.3 Å². The topological polar surface area (TPSA) is 77.0 Å². The van der Waals surface area contributed by atoms with Crippen LogP contribution in [0.3, 0.4) is 0 Å². The van der Waals surface area contributed by atoms with Crippen LogP contribution in [0, 0.1) is 6.92 Å². The van der Waals surface area contributed by atoms with Crippen LogP contribution in [0.1, 0.15) is 37.0 Å². The number of allylic oxidation sites excluding steroid dienone is 1. The quantitative estimate of drug-likeness (QED) is 0.558. The molecular formula is C24H25N3O4S. The van der Waals surface area contributed by atoms with Gasteiger partial charge in [0.05, 0.1) is 28.5 Å². The maximum absolute atomic E-state index is 13.5. The number of furan rings is 1. The van der Waals surface area contributed by atoms with E-state index in [-0.39, 0.29) is 12.2 Å². The van der Waals surface area contributed by atoms with Crippen molar-refractivity contribution in [3.63, 3.8) is 0 Å². The molecule has 3 aromatic rings. The van der Waals surface area contributed by atoms with E-state index in [1.165, 1.54) is 11.3 Å². The Kier molecular flexibility index (Phi) is 5.88. The maximum atomic E-state index is 13.5. The molecule has 1 aliphatic heterocycles. The number of hydrogen-bond acceptors (Lipinski definition) is 7. The van der Waals surface area contributed by atoms with E-state index in [4.69, 9.17) is 9.15 Å². The van der Waals surface area contributed by atoms with Gasteiger partial charge in [-0.1, -0.05) is 23.5 Å². The molecule has 0 bridgehead atoms. The van der Waals surface area contributed by atoms with Gasteiger partial charge in [0.25, 0.3) is 5.56 Å². The number of thiazole rings is 1. The average molecular weight is 452 g/mol. The molecule has 32 heavy (non-hydrogen) atoms. The van der Waals surface area contributed by atoms with Crippen LogP contribution in [0.2, 0.25) is 0 Å². The van der Waals surface area contributed by atoms with Crippen LogP contribution in [0.4, 0.5) is 5.69 Å². The first-order valence-corrected chi connectivity index (χ1v) is 11.1. The molecule has 0 amide bonds. The first-order chi connectivity index (χ1) is 15.3. The Balaban J connectivity index is 1.93. The number of ether oxygens (including phenoxy) is 1. The van der Waals surface area contributed by atoms with Crippen molar-refractivity contribution in [1.29, 1.82) is 0 Å². The van der Waals surface area contributed by atoms with Crippen molar-refractivity contribution >= 4 is 29.1 Å². The number of carbonyl (C=O) groups is 1. The zero-order chi connectivity index (χ0) is 23.0. The predicted octanol–water partition coefficient (Wildman–Crippen LogP) is 2.77. The first-order valence-electron chi connectivity index (χ1n) is 10.3. The number of esters is 1. The first kappa shape index (κ1) is 21.8. The molecule has 0 fully saturated rings. The number of hydrogen-bond donors (Lipinski definition) is 0. The van der Waals surface area contributed by atoms with E-state index in [2.05, 4.69) is 4.99 Å². The molecule has 0 saturated heterocycles. The summed E-state index contributed by atoms with van der Waals surface area (Å²) in [6.07, 6.45) is 1.71. The molecule has 0 N–H and O–H groups in total. The number of rotatable bonds is 5. The molecule has 0 radical (unpaired) electrons. The number of benzene rings is 1. The lowest BCUT2D eigenvalue weighted by atomic mass is 9.95. The summed E-state index contributed by atoms with van der Waals surface area (Å²) in [4.78, 5) is 33.5. The minimum Gasteiger partial charge on any atom is -0.463 e. The summed E-state index contributed by atoms with van der Waals surface area (Å²) in [5.41, 5.74) is 2.53. The Hall–Kier alpha value is -3.39. The second kappa shape index (κ2) is 8.63. The molecule has 0 unspecified atom stereocenters. The Bertz CT molecular complexity index is 1370. The molecule has 0 aliphatic carbocycles. The van der Waals surface area contributed by atoms with Crippen molar-refractivity contribution in [3.05, 3.63) is 84.4 Å². The van der Waals surface area contributed by atoms with Crippen LogP contribution in [0.15, 0.2) is 61.9 Å². The molecule has 0 spiro atoms. The fourth-order valence-corrected chi connectivity index (χ4v) is 4.75. The van der Waals surface area contributed by atoms with Crippen LogP contribution in [0.25, 0.3) is 6.08 Å². The van der Waals surface area contributed by atoms with Crippen molar-refractivity contribution in [2.45, 2.75) is 26.8 Å². The molecule has 3 heterocycles. The van der Waals surface area contributed by atoms with Crippen molar-refractivity contribution < 1.29 is 13.9 Å². The van der Waals surface area contributed by atoms with Crippen molar-refractivity contribution in [2.75, 3.05) is 25.6 Å². The smallest absolute Gasteiger partial charge is 0.338 e. The molecule has 7 nitrogen and oxygen atoms in total. The Morgan fingerprint density at radius 3 is 2.53 bits per heavy atom. The number of nitrogens with zero attached hydrogens (tertiary/aromatic N) is 3. The Morgan fingerprint density at radius 2 is 1.94 bits per heavy atom. The maximum Gasteiger partial charge on any atom is 0.338 e. The molecule has 1 aliphatic rings. The van der Waals surface area contributed by atoms with E-state index in [1.54, 1.807) is 24.5 Å². The van der Waals surface area contributed by atoms with Crippen LogP contribution in [0.5, 0.6) is 0 Å². The third-order valence-electron chi connectivity index (χ3n) is 5.28. The highest BCUT2D eigenvalue weighted by molar-refractivity contribution is 7.07. The number of fused-ring (bicyclic) bond motifs is 1. The molecule has 8 heteroatoms. The lowest BCUT2D eigenvalue weighted by molar-refractivity contribution is -0.139. The van der Waals surface area contributed by atoms with Gasteiger partial charge in [0.1, 0.15) is 11.5 Å². The highest BCUT2D eigenvalue weighted by Crippen LogP contribution is 2.31. The second-order valence-corrected chi connectivity index (χ2v) is 8.75. The van der Waals surface area contributed by atoms with Gasteiger partial charge in [-0.25, -0.2) is 9.79 Å². The van der Waals surface area contributed by atoms with Gasteiger partial charge < -0.3 is 14.1 Å². The summed E-state index contributed by atoms with van der Waals surface area (Å²) in [7, 11) is 3.92. The van der Waals surface area contributed by atoms with Crippen LogP contribution < -0.4 is 19.8 Å². The standard InChI is InChI=1S/C24H25N3O4S/c1-6-30-23(29)20-15(3)25-24-27(21(20)16-8-10-17(11-9-16)26(4)5)22(28)19(32-24)13-18-12-7-14(2)31-18/h7-13,21H,6H2,1-5H3/b19-13-/t21-/m1/s1. The van der Waals surface area contributed by atoms with Crippen molar-refractivity contribution in [1.82, 2.24) is 4.57 Å². The summed E-state index contributed by atoms with van der Waals surface area (Å²) >= 11 is 1.28. The molecular weight excluding hydrogens is 426 g/mol. The minimum absolute atomic E-state index is 0.223. The van der Waals surface area contributed by atoms with Crippen LogP contribution in [-0.2, 0) is 9.53 Å². The number of anilines is 1. The lowest BCUT2D eigenvalue weighted by Gasteiger charge is -2.25. The fourth-order valence-electron chi connectivity index (χ4n) is 3.72. The summed E-state index contributed by atoms with van der Waals surface area (Å²) in [5, 5.41) is 0. The van der Waals surface area contributed by atoms with Crippen molar-refractivity contribution in [3.8, 4) is 0 Å². The van der Waals surface area contributed by atoms with Gasteiger partial charge in [0, 0.05) is 25.9 Å². The second-order valence-electron chi connectivity index (χ2n) is 7.74. The van der Waals surface area contributed by atoms with E-state index in [9.17, 15) is 9.59 Å². The van der Waals surface area contributed by atoms with Gasteiger partial charge >= 0.3 is 5.97 Å². The average Bonchev–Trinajstić information content (AvgIpc) is 3.30. The van der Waals surface area contributed by atoms with Gasteiger partial charge in [0.2, 0.25) is 0 Å². The minimum atomic E-state index is -0.623. The Morgan fingerprint density at radius 1 is 1.22 bits per heavy atom.